The molecule has 0 saturated carbocycles. The first-order chi connectivity index (χ1) is 11.7. The van der Waals surface area contributed by atoms with E-state index >= 15 is 0 Å². The maximum absolute atomic E-state index is 11.7. The molecule has 7 heteroatoms. The number of pyridine rings is 1. The molecule has 1 amide bonds. The van der Waals surface area contributed by atoms with Crippen molar-refractivity contribution < 1.29 is 14.3 Å². The van der Waals surface area contributed by atoms with Crippen molar-refractivity contribution in [2.45, 2.75) is 39.5 Å². The molecule has 1 aromatic carbocycles. The third-order valence-corrected chi connectivity index (χ3v) is 3.69. The number of halogens is 2. The van der Waals surface area contributed by atoms with Crippen molar-refractivity contribution in [3.05, 3.63) is 57.8 Å². The van der Waals surface area contributed by atoms with Gasteiger partial charge in [0.2, 0.25) is 0 Å². The summed E-state index contributed by atoms with van der Waals surface area (Å²) in [7, 11) is 0. The summed E-state index contributed by atoms with van der Waals surface area (Å²) in [6.07, 6.45) is 1.07. The Kier molecular flexibility index (Phi) is 6.51. The first kappa shape index (κ1) is 19.3. The predicted octanol–water partition coefficient (Wildman–Crippen LogP) is 4.99. The topological polar surface area (TPSA) is 60.5 Å². The molecule has 0 bridgehead atoms. The molecule has 2 aromatic rings. The number of ether oxygens (including phenoxy) is 2. The molecular weight excluding hydrogens is 363 g/mol. The second-order valence-corrected chi connectivity index (χ2v) is 7.17. The molecule has 0 unspecified atom stereocenters. The smallest absolute Gasteiger partial charge is 0.407 e. The van der Waals surface area contributed by atoms with Crippen molar-refractivity contribution >= 4 is 29.3 Å². The van der Waals surface area contributed by atoms with Gasteiger partial charge in [0.25, 0.3) is 0 Å². The van der Waals surface area contributed by atoms with Crippen molar-refractivity contribution in [3.8, 4) is 5.75 Å². The Bertz CT molecular complexity index is 745. The summed E-state index contributed by atoms with van der Waals surface area (Å²) in [5.74, 6) is 0.534. The summed E-state index contributed by atoms with van der Waals surface area (Å²) < 4.78 is 10.9. The molecule has 134 valence electrons. The van der Waals surface area contributed by atoms with E-state index in [0.29, 0.717) is 23.9 Å². The van der Waals surface area contributed by atoms with E-state index in [1.807, 2.05) is 45.0 Å². The first-order valence-corrected chi connectivity index (χ1v) is 8.47. The molecule has 0 fully saturated rings. The van der Waals surface area contributed by atoms with Crippen molar-refractivity contribution in [2.24, 2.45) is 0 Å². The number of nitrogens with one attached hydrogen (secondary N) is 1. The lowest BCUT2D eigenvalue weighted by Crippen LogP contribution is -2.32. The van der Waals surface area contributed by atoms with Crippen molar-refractivity contribution in [2.75, 3.05) is 0 Å². The highest BCUT2D eigenvalue weighted by Gasteiger charge is 2.15. The van der Waals surface area contributed by atoms with Gasteiger partial charge in [0, 0.05) is 12.6 Å². The Morgan fingerprint density at radius 2 is 1.92 bits per heavy atom. The fourth-order valence-corrected chi connectivity index (χ4v) is 2.23. The summed E-state index contributed by atoms with van der Waals surface area (Å²) in [4.78, 5) is 15.6. The van der Waals surface area contributed by atoms with E-state index in [1.54, 1.807) is 6.07 Å². The number of hydrogen-bond donors (Lipinski definition) is 1. The van der Waals surface area contributed by atoms with Crippen LogP contribution in [-0.4, -0.2) is 16.7 Å². The van der Waals surface area contributed by atoms with E-state index in [4.69, 9.17) is 32.7 Å². The van der Waals surface area contributed by atoms with Crippen LogP contribution in [0.4, 0.5) is 4.79 Å². The Balaban J connectivity index is 1.90. The average Bonchev–Trinajstić information content (AvgIpc) is 2.53. The third-order valence-electron chi connectivity index (χ3n) is 3.00. The molecule has 2 rings (SSSR count). The van der Waals surface area contributed by atoms with Crippen molar-refractivity contribution in [1.29, 1.82) is 0 Å². The molecule has 0 atom stereocenters. The molecule has 1 aromatic heterocycles. The maximum Gasteiger partial charge on any atom is 0.407 e. The summed E-state index contributed by atoms with van der Waals surface area (Å²) >= 11 is 11.7. The number of rotatable bonds is 5. The lowest BCUT2D eigenvalue weighted by atomic mass is 10.1. The molecule has 1 N–H and O–H groups in total. The lowest BCUT2D eigenvalue weighted by molar-refractivity contribution is 0.0523. The monoisotopic (exact) mass is 382 g/mol. The van der Waals surface area contributed by atoms with Gasteiger partial charge in [0.15, 0.2) is 0 Å². The van der Waals surface area contributed by atoms with E-state index in [2.05, 4.69) is 10.3 Å². The zero-order valence-electron chi connectivity index (χ0n) is 14.3. The molecular formula is C18H20Cl2N2O3. The lowest BCUT2D eigenvalue weighted by Gasteiger charge is -2.19. The van der Waals surface area contributed by atoms with Gasteiger partial charge in [0.05, 0.1) is 11.2 Å². The Morgan fingerprint density at radius 1 is 1.20 bits per heavy atom. The average molecular weight is 383 g/mol. The predicted molar refractivity (Wildman–Crippen MR) is 98.1 cm³/mol. The highest BCUT2D eigenvalue weighted by atomic mass is 35.5. The van der Waals surface area contributed by atoms with Gasteiger partial charge in [-0.25, -0.2) is 9.78 Å². The van der Waals surface area contributed by atoms with Crippen LogP contribution in [-0.2, 0) is 17.9 Å². The fourth-order valence-electron chi connectivity index (χ4n) is 1.97. The minimum absolute atomic E-state index is 0.240. The van der Waals surface area contributed by atoms with Crippen molar-refractivity contribution in [1.82, 2.24) is 10.3 Å². The first-order valence-electron chi connectivity index (χ1n) is 7.71. The van der Waals surface area contributed by atoms with Crippen LogP contribution in [0, 0.1) is 0 Å². The van der Waals surface area contributed by atoms with E-state index in [0.717, 1.165) is 11.1 Å². The van der Waals surface area contributed by atoms with Crippen LogP contribution in [0.1, 0.15) is 31.9 Å². The minimum atomic E-state index is -0.520. The standard InChI is InChI=1S/C18H20Cl2N2O3/c1-18(2,3)25-17(23)22-9-12-5-4-6-13(7-12)11-24-14-8-15(19)16(20)21-10-14/h4-8,10H,9,11H2,1-3H3,(H,22,23). The van der Waals surface area contributed by atoms with Crippen LogP contribution in [0.2, 0.25) is 10.2 Å². The zero-order chi connectivity index (χ0) is 18.4. The third kappa shape index (κ3) is 6.80. The Hall–Kier alpha value is -1.98. The molecule has 25 heavy (non-hydrogen) atoms. The zero-order valence-corrected chi connectivity index (χ0v) is 15.8. The second kappa shape index (κ2) is 8.41. The second-order valence-electron chi connectivity index (χ2n) is 6.41. The number of carbonyl (C=O) groups excluding carboxylic acids is 1. The number of benzene rings is 1. The van der Waals surface area contributed by atoms with Gasteiger partial charge in [-0.3, -0.25) is 0 Å². The maximum atomic E-state index is 11.7. The number of carbonyl (C=O) groups is 1. The fraction of sp³-hybridized carbons (Fsp3) is 0.333. The van der Waals surface area contributed by atoms with Gasteiger partial charge in [-0.2, -0.15) is 0 Å². The van der Waals surface area contributed by atoms with Crippen LogP contribution >= 0.6 is 23.2 Å². The summed E-state index contributed by atoms with van der Waals surface area (Å²) in [5, 5.41) is 3.31. The highest BCUT2D eigenvalue weighted by Crippen LogP contribution is 2.24. The van der Waals surface area contributed by atoms with Crippen LogP contribution < -0.4 is 10.1 Å². The molecule has 0 aliphatic heterocycles. The molecule has 0 spiro atoms. The Labute approximate surface area is 157 Å². The SMILES string of the molecule is CC(C)(C)OC(=O)NCc1cccc(COc2cnc(Cl)c(Cl)c2)c1. The molecule has 5 nitrogen and oxygen atoms in total. The molecule has 0 aliphatic rings. The quantitative estimate of drug-likeness (QED) is 0.739. The van der Waals surface area contributed by atoms with Gasteiger partial charge in [-0.05, 0) is 31.9 Å². The molecule has 1 heterocycles. The summed E-state index contributed by atoms with van der Waals surface area (Å²) in [5.41, 5.74) is 1.38. The molecule has 0 radical (unpaired) electrons. The normalized spacial score (nSPS) is 11.1. The van der Waals surface area contributed by atoms with Crippen LogP contribution in [0.15, 0.2) is 36.5 Å². The van der Waals surface area contributed by atoms with E-state index in [1.165, 1.54) is 6.20 Å². The van der Waals surface area contributed by atoms with Crippen LogP contribution in [0.3, 0.4) is 0 Å². The van der Waals surface area contributed by atoms with Gasteiger partial charge in [-0.15, -0.1) is 0 Å². The van der Waals surface area contributed by atoms with Gasteiger partial charge in [0.1, 0.15) is 23.1 Å². The molecule has 0 saturated heterocycles. The highest BCUT2D eigenvalue weighted by molar-refractivity contribution is 6.41. The van der Waals surface area contributed by atoms with E-state index in [9.17, 15) is 4.79 Å². The summed E-state index contributed by atoms with van der Waals surface area (Å²) in [6, 6.07) is 9.31. The van der Waals surface area contributed by atoms with Gasteiger partial charge in [-0.1, -0.05) is 47.5 Å². The Morgan fingerprint density at radius 3 is 2.60 bits per heavy atom. The number of nitrogens with zero attached hydrogens (tertiary/aromatic N) is 1. The van der Waals surface area contributed by atoms with Crippen molar-refractivity contribution in [3.63, 3.8) is 0 Å². The number of amides is 1. The largest absolute Gasteiger partial charge is 0.487 e. The van der Waals surface area contributed by atoms with E-state index < -0.39 is 11.7 Å². The number of alkyl carbamates (subject to hydrolysis) is 1. The molecule has 0 aliphatic carbocycles. The number of aromatic nitrogens is 1. The van der Waals surface area contributed by atoms with Gasteiger partial charge < -0.3 is 14.8 Å². The minimum Gasteiger partial charge on any atom is -0.487 e. The van der Waals surface area contributed by atoms with E-state index in [-0.39, 0.29) is 5.15 Å². The van der Waals surface area contributed by atoms with Gasteiger partial charge >= 0.3 is 6.09 Å². The van der Waals surface area contributed by atoms with Crippen LogP contribution in [0.25, 0.3) is 0 Å². The van der Waals surface area contributed by atoms with Crippen LogP contribution in [0.5, 0.6) is 5.75 Å². The number of hydrogen-bond acceptors (Lipinski definition) is 4. The summed E-state index contributed by atoms with van der Waals surface area (Å²) in [6.45, 7) is 6.18.